The van der Waals surface area contributed by atoms with Crippen molar-refractivity contribution in [3.8, 4) is 0 Å². The molecular weight excluding hydrogens is 244 g/mol. The van der Waals surface area contributed by atoms with Crippen LogP contribution in [0.4, 0.5) is 0 Å². The molecule has 4 heteroatoms. The molecule has 0 amide bonds. The van der Waals surface area contributed by atoms with Crippen molar-refractivity contribution in [1.82, 2.24) is 0 Å². The highest BCUT2D eigenvalue weighted by molar-refractivity contribution is 5.98. The molecule has 0 aliphatic carbocycles. The topological polar surface area (TPSA) is 71.4 Å². The predicted octanol–water partition coefficient (Wildman–Crippen LogP) is 2.65. The summed E-state index contributed by atoms with van der Waals surface area (Å²) in [6.45, 7) is 2.04. The average molecular weight is 262 g/mol. The minimum atomic E-state index is -0.991. The lowest BCUT2D eigenvalue weighted by molar-refractivity contribution is -0.138. The third-order valence-corrected chi connectivity index (χ3v) is 2.93. The van der Waals surface area contributed by atoms with E-state index in [4.69, 9.17) is 5.11 Å². The summed E-state index contributed by atoms with van der Waals surface area (Å²) in [6, 6.07) is 7.34. The molecule has 0 radical (unpaired) electrons. The van der Waals surface area contributed by atoms with E-state index < -0.39 is 5.97 Å². The largest absolute Gasteiger partial charge is 0.481 e. The van der Waals surface area contributed by atoms with Crippen LogP contribution in [-0.4, -0.2) is 22.6 Å². The quantitative estimate of drug-likeness (QED) is 0.731. The van der Waals surface area contributed by atoms with Gasteiger partial charge in [0.1, 0.15) is 5.78 Å². The van der Waals surface area contributed by atoms with Crippen LogP contribution in [0.5, 0.6) is 0 Å². The van der Waals surface area contributed by atoms with Gasteiger partial charge in [-0.15, -0.1) is 0 Å². The van der Waals surface area contributed by atoms with E-state index in [-0.39, 0.29) is 37.2 Å². The second-order valence-corrected chi connectivity index (χ2v) is 4.41. The Bertz CT molecular complexity index is 460. The molecule has 0 aliphatic rings. The highest BCUT2D eigenvalue weighted by atomic mass is 16.4. The first-order valence-corrected chi connectivity index (χ1v) is 6.38. The van der Waals surface area contributed by atoms with Crippen LogP contribution in [0.15, 0.2) is 24.3 Å². The van der Waals surface area contributed by atoms with Gasteiger partial charge in [-0.05, 0) is 12.0 Å². The SMILES string of the molecule is CCc1ccc(C(=O)CCC(=O)CCC(=O)O)cc1. The van der Waals surface area contributed by atoms with Crippen LogP contribution in [-0.2, 0) is 16.0 Å². The Kier molecular flexibility index (Phi) is 5.93. The molecular formula is C15H18O4. The van der Waals surface area contributed by atoms with Gasteiger partial charge < -0.3 is 5.11 Å². The van der Waals surface area contributed by atoms with Crippen LogP contribution in [0.25, 0.3) is 0 Å². The van der Waals surface area contributed by atoms with E-state index >= 15 is 0 Å². The van der Waals surface area contributed by atoms with E-state index in [0.29, 0.717) is 5.56 Å². The number of carbonyl (C=O) groups is 3. The van der Waals surface area contributed by atoms with Gasteiger partial charge in [0.2, 0.25) is 0 Å². The summed E-state index contributed by atoms with van der Waals surface area (Å²) in [5.74, 6) is -1.25. The van der Waals surface area contributed by atoms with Crippen molar-refractivity contribution in [2.24, 2.45) is 0 Å². The fourth-order valence-electron chi connectivity index (χ4n) is 1.69. The molecule has 102 valence electrons. The van der Waals surface area contributed by atoms with Gasteiger partial charge in [-0.1, -0.05) is 31.2 Å². The van der Waals surface area contributed by atoms with E-state index in [0.717, 1.165) is 12.0 Å². The number of hydrogen-bond acceptors (Lipinski definition) is 3. The number of aliphatic carboxylic acids is 1. The summed E-state index contributed by atoms with van der Waals surface area (Å²) in [5.41, 5.74) is 1.76. The average Bonchev–Trinajstić information content (AvgIpc) is 2.42. The Labute approximate surface area is 112 Å². The summed E-state index contributed by atoms with van der Waals surface area (Å²) in [4.78, 5) is 33.5. The van der Waals surface area contributed by atoms with Gasteiger partial charge in [0, 0.05) is 24.8 Å². The molecule has 0 bridgehead atoms. The van der Waals surface area contributed by atoms with Crippen LogP contribution in [0.2, 0.25) is 0 Å². The van der Waals surface area contributed by atoms with Crippen molar-refractivity contribution in [3.63, 3.8) is 0 Å². The first kappa shape index (κ1) is 15.1. The predicted molar refractivity (Wildman–Crippen MR) is 71.3 cm³/mol. The van der Waals surface area contributed by atoms with Crippen molar-refractivity contribution in [1.29, 1.82) is 0 Å². The molecule has 0 saturated heterocycles. The Balaban J connectivity index is 2.42. The molecule has 1 aromatic carbocycles. The van der Waals surface area contributed by atoms with Gasteiger partial charge in [0.15, 0.2) is 5.78 Å². The number of aryl methyl sites for hydroxylation is 1. The fraction of sp³-hybridized carbons (Fsp3) is 0.400. The van der Waals surface area contributed by atoms with Crippen LogP contribution in [0.1, 0.15) is 48.5 Å². The zero-order valence-electron chi connectivity index (χ0n) is 11.0. The van der Waals surface area contributed by atoms with Crippen LogP contribution in [0.3, 0.4) is 0 Å². The molecule has 0 heterocycles. The summed E-state index contributed by atoms with van der Waals surface area (Å²) in [6.07, 6.45) is 1.00. The number of benzene rings is 1. The van der Waals surface area contributed by atoms with Gasteiger partial charge in [-0.2, -0.15) is 0 Å². The molecule has 0 atom stereocenters. The van der Waals surface area contributed by atoms with E-state index in [1.54, 1.807) is 12.1 Å². The normalized spacial score (nSPS) is 10.2. The maximum Gasteiger partial charge on any atom is 0.303 e. The fourth-order valence-corrected chi connectivity index (χ4v) is 1.69. The van der Waals surface area contributed by atoms with Gasteiger partial charge in [-0.25, -0.2) is 0 Å². The molecule has 0 fully saturated rings. The van der Waals surface area contributed by atoms with E-state index in [1.807, 2.05) is 19.1 Å². The Morgan fingerprint density at radius 1 is 0.947 bits per heavy atom. The van der Waals surface area contributed by atoms with Gasteiger partial charge in [0.05, 0.1) is 6.42 Å². The van der Waals surface area contributed by atoms with Crippen LogP contribution >= 0.6 is 0 Å². The van der Waals surface area contributed by atoms with E-state index in [9.17, 15) is 14.4 Å². The first-order valence-electron chi connectivity index (χ1n) is 6.38. The lowest BCUT2D eigenvalue weighted by atomic mass is 10.0. The number of hydrogen-bond donors (Lipinski definition) is 1. The monoisotopic (exact) mass is 262 g/mol. The van der Waals surface area contributed by atoms with Crippen molar-refractivity contribution >= 4 is 17.5 Å². The maximum absolute atomic E-state index is 11.8. The summed E-state index contributed by atoms with van der Waals surface area (Å²) >= 11 is 0. The highest BCUT2D eigenvalue weighted by Gasteiger charge is 2.10. The molecule has 0 spiro atoms. The smallest absolute Gasteiger partial charge is 0.303 e. The first-order chi connectivity index (χ1) is 9.02. The maximum atomic E-state index is 11.8. The number of carboxylic acids is 1. The zero-order chi connectivity index (χ0) is 14.3. The van der Waals surface area contributed by atoms with Crippen molar-refractivity contribution < 1.29 is 19.5 Å². The minimum Gasteiger partial charge on any atom is -0.481 e. The Morgan fingerprint density at radius 2 is 1.53 bits per heavy atom. The summed E-state index contributed by atoms with van der Waals surface area (Å²) < 4.78 is 0. The van der Waals surface area contributed by atoms with Gasteiger partial charge in [0.25, 0.3) is 0 Å². The molecule has 1 rings (SSSR count). The molecule has 0 unspecified atom stereocenters. The molecule has 0 aromatic heterocycles. The molecule has 4 nitrogen and oxygen atoms in total. The standard InChI is InChI=1S/C15H18O4/c1-2-11-3-5-12(6-4-11)14(17)9-7-13(16)8-10-15(18)19/h3-6H,2,7-10H2,1H3,(H,18,19). The summed E-state index contributed by atoms with van der Waals surface area (Å²) in [5, 5.41) is 8.45. The van der Waals surface area contributed by atoms with Crippen molar-refractivity contribution in [2.45, 2.75) is 39.0 Å². The Morgan fingerprint density at radius 3 is 2.05 bits per heavy atom. The van der Waals surface area contributed by atoms with Crippen molar-refractivity contribution in [3.05, 3.63) is 35.4 Å². The third kappa shape index (κ3) is 5.46. The number of ketones is 2. The Hall–Kier alpha value is -1.97. The van der Waals surface area contributed by atoms with Crippen LogP contribution < -0.4 is 0 Å². The highest BCUT2D eigenvalue weighted by Crippen LogP contribution is 2.10. The second kappa shape index (κ2) is 7.46. The second-order valence-electron chi connectivity index (χ2n) is 4.41. The molecule has 1 aromatic rings. The zero-order valence-corrected chi connectivity index (χ0v) is 11.0. The van der Waals surface area contributed by atoms with Gasteiger partial charge >= 0.3 is 5.97 Å². The van der Waals surface area contributed by atoms with Gasteiger partial charge in [-0.3, -0.25) is 14.4 Å². The number of carboxylic acid groups (broad SMARTS) is 1. The molecule has 19 heavy (non-hydrogen) atoms. The summed E-state index contributed by atoms with van der Waals surface area (Å²) in [7, 11) is 0. The van der Waals surface area contributed by atoms with Crippen molar-refractivity contribution in [2.75, 3.05) is 0 Å². The number of Topliss-reactive ketones (excluding diaryl/α,β-unsaturated/α-hetero) is 2. The molecule has 0 aliphatic heterocycles. The molecule has 0 saturated carbocycles. The lowest BCUT2D eigenvalue weighted by Crippen LogP contribution is -2.07. The van der Waals surface area contributed by atoms with E-state index in [2.05, 4.69) is 0 Å². The molecule has 1 N–H and O–H groups in total. The minimum absolute atomic E-state index is 0.00259. The number of rotatable bonds is 8. The number of carbonyl (C=O) groups excluding carboxylic acids is 2. The third-order valence-electron chi connectivity index (χ3n) is 2.93. The van der Waals surface area contributed by atoms with Crippen LogP contribution in [0, 0.1) is 0 Å². The lowest BCUT2D eigenvalue weighted by Gasteiger charge is -2.02. The van der Waals surface area contributed by atoms with E-state index in [1.165, 1.54) is 0 Å².